The molecule has 2 rings (SSSR count). The molecule has 1 aromatic rings. The molecule has 0 radical (unpaired) electrons. The van der Waals surface area contributed by atoms with Crippen LogP contribution in [-0.4, -0.2) is 25.4 Å². The van der Waals surface area contributed by atoms with Gasteiger partial charge in [-0.25, -0.2) is 0 Å². The van der Waals surface area contributed by atoms with Crippen LogP contribution in [0.1, 0.15) is 46.3 Å². The molecular formula is C15H22BClO3. The van der Waals surface area contributed by atoms with Gasteiger partial charge >= 0.3 is 7.12 Å². The van der Waals surface area contributed by atoms with E-state index < -0.39 is 0 Å². The number of benzene rings is 1. The van der Waals surface area contributed by atoms with Gasteiger partial charge in [0.25, 0.3) is 0 Å². The van der Waals surface area contributed by atoms with E-state index in [1.807, 2.05) is 52.8 Å². The average molecular weight is 297 g/mol. The minimum Gasteiger partial charge on any atom is -0.399 e. The lowest BCUT2D eigenvalue weighted by atomic mass is 9.78. The van der Waals surface area contributed by atoms with Gasteiger partial charge in [0.05, 0.1) is 17.3 Å². The molecule has 1 aliphatic heterocycles. The Morgan fingerprint density at radius 2 is 1.70 bits per heavy atom. The molecule has 1 fully saturated rings. The van der Waals surface area contributed by atoms with Crippen molar-refractivity contribution in [1.82, 2.24) is 0 Å². The van der Waals surface area contributed by atoms with Crippen molar-refractivity contribution in [3.63, 3.8) is 0 Å². The summed E-state index contributed by atoms with van der Waals surface area (Å²) in [5.74, 6) is 0. The molecule has 0 aromatic heterocycles. The first-order valence-electron chi connectivity index (χ1n) is 6.86. The fourth-order valence-electron chi connectivity index (χ4n) is 2.13. The van der Waals surface area contributed by atoms with Crippen molar-refractivity contribution in [2.45, 2.75) is 51.9 Å². The molecule has 0 saturated carbocycles. The first kappa shape index (κ1) is 15.8. The van der Waals surface area contributed by atoms with Crippen LogP contribution < -0.4 is 5.46 Å². The van der Waals surface area contributed by atoms with Gasteiger partial charge < -0.3 is 14.0 Å². The van der Waals surface area contributed by atoms with Gasteiger partial charge in [-0.05, 0) is 51.7 Å². The summed E-state index contributed by atoms with van der Waals surface area (Å²) >= 11 is 6.33. The Bertz CT molecular complexity index is 486. The van der Waals surface area contributed by atoms with Crippen molar-refractivity contribution in [1.29, 1.82) is 0 Å². The smallest absolute Gasteiger partial charge is 0.399 e. The zero-order chi connectivity index (χ0) is 15.1. The highest BCUT2D eigenvalue weighted by atomic mass is 35.5. The first-order chi connectivity index (χ1) is 9.18. The lowest BCUT2D eigenvalue weighted by Crippen LogP contribution is -2.41. The zero-order valence-electron chi connectivity index (χ0n) is 13.0. The maximum atomic E-state index is 6.33. The van der Waals surface area contributed by atoms with E-state index in [0.717, 1.165) is 11.0 Å². The van der Waals surface area contributed by atoms with E-state index in [1.165, 1.54) is 0 Å². The Kier molecular flexibility index (Phi) is 4.23. The quantitative estimate of drug-likeness (QED) is 0.801. The summed E-state index contributed by atoms with van der Waals surface area (Å²) in [4.78, 5) is 0. The largest absolute Gasteiger partial charge is 0.494 e. The van der Waals surface area contributed by atoms with Crippen LogP contribution in [0.2, 0.25) is 5.02 Å². The molecule has 0 N–H and O–H groups in total. The van der Waals surface area contributed by atoms with E-state index in [-0.39, 0.29) is 24.4 Å². The predicted octanol–water partition coefficient (Wildman–Crippen LogP) is 3.35. The molecule has 110 valence electrons. The maximum absolute atomic E-state index is 6.33. The van der Waals surface area contributed by atoms with E-state index in [1.54, 1.807) is 7.11 Å². The molecule has 0 amide bonds. The molecule has 1 aliphatic rings. The summed E-state index contributed by atoms with van der Waals surface area (Å²) in [7, 11) is 1.28. The van der Waals surface area contributed by atoms with E-state index in [2.05, 4.69) is 0 Å². The van der Waals surface area contributed by atoms with Crippen molar-refractivity contribution in [2.24, 2.45) is 0 Å². The van der Waals surface area contributed by atoms with E-state index in [0.29, 0.717) is 5.02 Å². The molecule has 0 bridgehead atoms. The van der Waals surface area contributed by atoms with Crippen molar-refractivity contribution in [3.8, 4) is 0 Å². The van der Waals surface area contributed by atoms with Crippen LogP contribution in [0, 0.1) is 0 Å². The average Bonchev–Trinajstić information content (AvgIpc) is 2.57. The summed E-state index contributed by atoms with van der Waals surface area (Å²) < 4.78 is 17.3. The highest BCUT2D eigenvalue weighted by Gasteiger charge is 2.51. The third-order valence-electron chi connectivity index (χ3n) is 4.34. The Hall–Kier alpha value is -0.545. The van der Waals surface area contributed by atoms with Gasteiger partial charge in [-0.15, -0.1) is 0 Å². The third-order valence-corrected chi connectivity index (χ3v) is 4.67. The second-order valence-corrected chi connectivity index (χ2v) is 6.65. The summed E-state index contributed by atoms with van der Waals surface area (Å²) in [5, 5.41) is 0.673. The molecule has 1 saturated heterocycles. The van der Waals surface area contributed by atoms with Crippen molar-refractivity contribution >= 4 is 24.2 Å². The third kappa shape index (κ3) is 2.75. The lowest BCUT2D eigenvalue weighted by Gasteiger charge is -2.32. The van der Waals surface area contributed by atoms with Crippen molar-refractivity contribution in [2.75, 3.05) is 7.11 Å². The SMILES string of the molecule is COC(C)c1ccc(B2OC(C)(C)C(C)(C)O2)cc1Cl. The van der Waals surface area contributed by atoms with Crippen LogP contribution in [0.3, 0.4) is 0 Å². The Morgan fingerprint density at radius 1 is 1.15 bits per heavy atom. The Labute approximate surface area is 126 Å². The van der Waals surface area contributed by atoms with Crippen LogP contribution in [-0.2, 0) is 14.0 Å². The second-order valence-electron chi connectivity index (χ2n) is 6.25. The Balaban J connectivity index is 2.26. The monoisotopic (exact) mass is 296 g/mol. The number of rotatable bonds is 3. The van der Waals surface area contributed by atoms with Gasteiger partial charge in [-0.1, -0.05) is 23.7 Å². The lowest BCUT2D eigenvalue weighted by molar-refractivity contribution is 0.00578. The van der Waals surface area contributed by atoms with E-state index in [9.17, 15) is 0 Å². The normalized spacial score (nSPS) is 22.1. The predicted molar refractivity (Wildman–Crippen MR) is 82.6 cm³/mol. The summed E-state index contributed by atoms with van der Waals surface area (Å²) in [6.45, 7) is 10.1. The van der Waals surface area contributed by atoms with Gasteiger partial charge in [0, 0.05) is 12.1 Å². The molecule has 20 heavy (non-hydrogen) atoms. The van der Waals surface area contributed by atoms with E-state index in [4.69, 9.17) is 25.6 Å². The molecule has 1 atom stereocenters. The summed E-state index contributed by atoms with van der Waals surface area (Å²) in [6.07, 6.45) is -0.0325. The van der Waals surface area contributed by atoms with Crippen LogP contribution in [0.25, 0.3) is 0 Å². The summed E-state index contributed by atoms with van der Waals surface area (Å²) in [5.41, 5.74) is 1.21. The number of hydrogen-bond donors (Lipinski definition) is 0. The fraction of sp³-hybridized carbons (Fsp3) is 0.600. The van der Waals surface area contributed by atoms with Gasteiger partial charge in [0.2, 0.25) is 0 Å². The number of ether oxygens (including phenoxy) is 1. The van der Waals surface area contributed by atoms with Gasteiger partial charge in [-0.3, -0.25) is 0 Å². The highest BCUT2D eigenvalue weighted by Crippen LogP contribution is 2.36. The van der Waals surface area contributed by atoms with Gasteiger partial charge in [-0.2, -0.15) is 0 Å². The van der Waals surface area contributed by atoms with Crippen molar-refractivity contribution < 1.29 is 14.0 Å². The van der Waals surface area contributed by atoms with Crippen molar-refractivity contribution in [3.05, 3.63) is 28.8 Å². The minimum atomic E-state index is -0.385. The van der Waals surface area contributed by atoms with Gasteiger partial charge in [0.1, 0.15) is 0 Å². The molecular weight excluding hydrogens is 274 g/mol. The second kappa shape index (κ2) is 5.34. The molecule has 0 spiro atoms. The van der Waals surface area contributed by atoms with Gasteiger partial charge in [0.15, 0.2) is 0 Å². The van der Waals surface area contributed by atoms with Crippen LogP contribution in [0.5, 0.6) is 0 Å². The van der Waals surface area contributed by atoms with Crippen LogP contribution >= 0.6 is 11.6 Å². The van der Waals surface area contributed by atoms with E-state index >= 15 is 0 Å². The number of hydrogen-bond acceptors (Lipinski definition) is 3. The molecule has 5 heteroatoms. The maximum Gasteiger partial charge on any atom is 0.494 e. The molecule has 1 heterocycles. The highest BCUT2D eigenvalue weighted by molar-refractivity contribution is 6.62. The number of methoxy groups -OCH3 is 1. The number of halogens is 1. The molecule has 0 aliphatic carbocycles. The standard InChI is InChI=1S/C15H22BClO3/c1-10(18-6)12-8-7-11(9-13(12)17)16-19-14(2,3)15(4,5)20-16/h7-10H,1-6H3. The topological polar surface area (TPSA) is 27.7 Å². The van der Waals surface area contributed by atoms with Crippen LogP contribution in [0.4, 0.5) is 0 Å². The molecule has 1 unspecified atom stereocenters. The zero-order valence-corrected chi connectivity index (χ0v) is 13.7. The molecule has 1 aromatic carbocycles. The summed E-state index contributed by atoms with van der Waals surface area (Å²) in [6, 6.07) is 5.85. The fourth-order valence-corrected chi connectivity index (χ4v) is 2.47. The molecule has 3 nitrogen and oxygen atoms in total. The first-order valence-corrected chi connectivity index (χ1v) is 7.23. The Morgan fingerprint density at radius 3 is 2.15 bits per heavy atom. The van der Waals surface area contributed by atoms with Crippen LogP contribution in [0.15, 0.2) is 18.2 Å². The minimum absolute atomic E-state index is 0.0325.